The summed E-state index contributed by atoms with van der Waals surface area (Å²) in [6, 6.07) is 17.8. The molecule has 0 aliphatic heterocycles. The van der Waals surface area contributed by atoms with Crippen LogP contribution in [-0.2, 0) is 6.54 Å². The first-order chi connectivity index (χ1) is 11.7. The number of rotatable bonds is 10. The van der Waals surface area contributed by atoms with Gasteiger partial charge in [-0.25, -0.2) is 0 Å². The molecule has 0 saturated heterocycles. The van der Waals surface area contributed by atoms with Gasteiger partial charge in [0.25, 0.3) is 0 Å². The standard InChI is InChI=1S/C20H27NO3/c1-2-24-20-11-7-6-10-18(20)19(23)12-13-21(14-15-22)16-17-8-4-3-5-9-17/h3-11,19,22-23H,2,12-16H2,1H3. The van der Waals surface area contributed by atoms with E-state index >= 15 is 0 Å². The molecule has 0 radical (unpaired) electrons. The fourth-order valence-corrected chi connectivity index (χ4v) is 2.76. The summed E-state index contributed by atoms with van der Waals surface area (Å²) in [5.74, 6) is 0.740. The monoisotopic (exact) mass is 329 g/mol. The number of aliphatic hydroxyl groups excluding tert-OH is 2. The number of para-hydroxylation sites is 1. The van der Waals surface area contributed by atoms with Gasteiger partial charge in [-0.3, -0.25) is 4.90 Å². The molecule has 0 spiro atoms. The van der Waals surface area contributed by atoms with Gasteiger partial charge >= 0.3 is 0 Å². The molecule has 2 rings (SSSR count). The van der Waals surface area contributed by atoms with Crippen molar-refractivity contribution in [2.75, 3.05) is 26.3 Å². The van der Waals surface area contributed by atoms with Crippen molar-refractivity contribution in [2.24, 2.45) is 0 Å². The highest BCUT2D eigenvalue weighted by Crippen LogP contribution is 2.27. The van der Waals surface area contributed by atoms with Gasteiger partial charge in [0.2, 0.25) is 0 Å². The molecule has 24 heavy (non-hydrogen) atoms. The Morgan fingerprint density at radius 3 is 2.42 bits per heavy atom. The van der Waals surface area contributed by atoms with Crippen LogP contribution in [-0.4, -0.2) is 41.4 Å². The Hall–Kier alpha value is -1.88. The largest absolute Gasteiger partial charge is 0.493 e. The van der Waals surface area contributed by atoms with Gasteiger partial charge in [0.05, 0.1) is 19.3 Å². The van der Waals surface area contributed by atoms with Crippen LogP contribution in [0.25, 0.3) is 0 Å². The van der Waals surface area contributed by atoms with Crippen molar-refractivity contribution >= 4 is 0 Å². The smallest absolute Gasteiger partial charge is 0.125 e. The van der Waals surface area contributed by atoms with E-state index < -0.39 is 6.10 Å². The molecule has 1 unspecified atom stereocenters. The molecule has 4 heteroatoms. The van der Waals surface area contributed by atoms with E-state index in [2.05, 4.69) is 17.0 Å². The second kappa shape index (κ2) is 10.1. The topological polar surface area (TPSA) is 52.9 Å². The van der Waals surface area contributed by atoms with Crippen LogP contribution < -0.4 is 4.74 Å². The molecule has 0 aliphatic rings. The molecular weight excluding hydrogens is 302 g/mol. The van der Waals surface area contributed by atoms with E-state index in [1.54, 1.807) is 0 Å². The summed E-state index contributed by atoms with van der Waals surface area (Å²) in [5, 5.41) is 19.8. The molecule has 0 aliphatic carbocycles. The number of benzene rings is 2. The van der Waals surface area contributed by atoms with Crippen molar-refractivity contribution in [1.82, 2.24) is 4.90 Å². The number of nitrogens with zero attached hydrogens (tertiary/aromatic N) is 1. The lowest BCUT2D eigenvalue weighted by molar-refractivity contribution is 0.125. The molecule has 0 bridgehead atoms. The van der Waals surface area contributed by atoms with E-state index in [1.165, 1.54) is 5.56 Å². The van der Waals surface area contributed by atoms with Crippen LogP contribution in [0.3, 0.4) is 0 Å². The Kier molecular flexibility index (Phi) is 7.75. The fourth-order valence-electron chi connectivity index (χ4n) is 2.76. The Morgan fingerprint density at radius 2 is 1.71 bits per heavy atom. The van der Waals surface area contributed by atoms with E-state index in [-0.39, 0.29) is 6.61 Å². The molecule has 130 valence electrons. The Balaban J connectivity index is 1.96. The van der Waals surface area contributed by atoms with Crippen LogP contribution in [0.2, 0.25) is 0 Å². The van der Waals surface area contributed by atoms with E-state index in [0.29, 0.717) is 26.1 Å². The number of hydrogen-bond acceptors (Lipinski definition) is 4. The van der Waals surface area contributed by atoms with Crippen LogP contribution >= 0.6 is 0 Å². The Morgan fingerprint density at radius 1 is 1.00 bits per heavy atom. The van der Waals surface area contributed by atoms with Crippen molar-refractivity contribution < 1.29 is 14.9 Å². The number of hydrogen-bond donors (Lipinski definition) is 2. The minimum absolute atomic E-state index is 0.110. The first-order valence-corrected chi connectivity index (χ1v) is 8.51. The molecule has 0 fully saturated rings. The molecule has 2 aromatic carbocycles. The molecule has 2 N–H and O–H groups in total. The van der Waals surface area contributed by atoms with Gasteiger partial charge in [-0.2, -0.15) is 0 Å². The van der Waals surface area contributed by atoms with Crippen LogP contribution in [0.4, 0.5) is 0 Å². The van der Waals surface area contributed by atoms with E-state index in [1.807, 2.05) is 49.4 Å². The third-order valence-corrected chi connectivity index (χ3v) is 3.96. The molecule has 0 saturated carbocycles. The predicted molar refractivity (Wildman–Crippen MR) is 96.0 cm³/mol. The van der Waals surface area contributed by atoms with E-state index in [9.17, 15) is 10.2 Å². The van der Waals surface area contributed by atoms with Gasteiger partial charge in [0.1, 0.15) is 5.75 Å². The van der Waals surface area contributed by atoms with Crippen LogP contribution in [0.15, 0.2) is 54.6 Å². The van der Waals surface area contributed by atoms with Gasteiger partial charge in [0, 0.05) is 25.2 Å². The Bertz CT molecular complexity index is 588. The summed E-state index contributed by atoms with van der Waals surface area (Å²) in [4.78, 5) is 2.15. The lowest BCUT2D eigenvalue weighted by atomic mass is 10.0. The minimum Gasteiger partial charge on any atom is -0.493 e. The third-order valence-electron chi connectivity index (χ3n) is 3.96. The quantitative estimate of drug-likeness (QED) is 0.703. The molecule has 4 nitrogen and oxygen atoms in total. The van der Waals surface area contributed by atoms with E-state index in [4.69, 9.17) is 4.74 Å². The third kappa shape index (κ3) is 5.64. The number of aliphatic hydroxyl groups is 2. The van der Waals surface area contributed by atoms with Crippen molar-refractivity contribution in [3.8, 4) is 5.75 Å². The maximum absolute atomic E-state index is 10.5. The highest BCUT2D eigenvalue weighted by atomic mass is 16.5. The lowest BCUT2D eigenvalue weighted by Gasteiger charge is -2.23. The minimum atomic E-state index is -0.579. The fraction of sp³-hybridized carbons (Fsp3) is 0.400. The summed E-state index contributed by atoms with van der Waals surface area (Å²) < 4.78 is 5.59. The van der Waals surface area contributed by atoms with Crippen LogP contribution in [0.1, 0.15) is 30.6 Å². The zero-order valence-corrected chi connectivity index (χ0v) is 14.3. The molecule has 0 aromatic heterocycles. The highest BCUT2D eigenvalue weighted by molar-refractivity contribution is 5.35. The summed E-state index contributed by atoms with van der Waals surface area (Å²) in [7, 11) is 0. The maximum Gasteiger partial charge on any atom is 0.125 e. The SMILES string of the molecule is CCOc1ccccc1C(O)CCN(CCO)Cc1ccccc1. The molecule has 2 aromatic rings. The summed E-state index contributed by atoms with van der Waals surface area (Å²) in [6.07, 6.45) is 0.0152. The summed E-state index contributed by atoms with van der Waals surface area (Å²) in [6.45, 7) is 4.69. The van der Waals surface area contributed by atoms with Crippen molar-refractivity contribution in [1.29, 1.82) is 0 Å². The molecule has 0 heterocycles. The highest BCUT2D eigenvalue weighted by Gasteiger charge is 2.15. The molecule has 1 atom stereocenters. The van der Waals surface area contributed by atoms with Crippen molar-refractivity contribution in [2.45, 2.75) is 26.0 Å². The average molecular weight is 329 g/mol. The maximum atomic E-state index is 10.5. The van der Waals surface area contributed by atoms with E-state index in [0.717, 1.165) is 17.9 Å². The zero-order chi connectivity index (χ0) is 17.2. The first-order valence-electron chi connectivity index (χ1n) is 8.51. The van der Waals surface area contributed by atoms with Crippen molar-refractivity contribution in [3.63, 3.8) is 0 Å². The molecule has 0 amide bonds. The Labute approximate surface area is 144 Å². The number of ether oxygens (including phenoxy) is 1. The van der Waals surface area contributed by atoms with Crippen LogP contribution in [0, 0.1) is 0 Å². The van der Waals surface area contributed by atoms with Gasteiger partial charge in [-0.05, 0) is 25.0 Å². The molecular formula is C20H27NO3. The van der Waals surface area contributed by atoms with Gasteiger partial charge < -0.3 is 14.9 Å². The van der Waals surface area contributed by atoms with Gasteiger partial charge in [-0.1, -0.05) is 48.5 Å². The lowest BCUT2D eigenvalue weighted by Crippen LogP contribution is -2.28. The van der Waals surface area contributed by atoms with Crippen molar-refractivity contribution in [3.05, 3.63) is 65.7 Å². The van der Waals surface area contributed by atoms with Crippen LogP contribution in [0.5, 0.6) is 5.75 Å². The predicted octanol–water partition coefficient (Wildman–Crippen LogP) is 3.00. The zero-order valence-electron chi connectivity index (χ0n) is 14.3. The second-order valence-corrected chi connectivity index (χ2v) is 5.76. The van der Waals surface area contributed by atoms with Gasteiger partial charge in [-0.15, -0.1) is 0 Å². The van der Waals surface area contributed by atoms with Gasteiger partial charge in [0.15, 0.2) is 0 Å². The summed E-state index contributed by atoms with van der Waals surface area (Å²) in [5.41, 5.74) is 2.03. The average Bonchev–Trinajstić information content (AvgIpc) is 2.61. The summed E-state index contributed by atoms with van der Waals surface area (Å²) >= 11 is 0. The first kappa shape index (κ1) is 18.5. The normalized spacial score (nSPS) is 12.3. The second-order valence-electron chi connectivity index (χ2n) is 5.76.